The van der Waals surface area contributed by atoms with Crippen molar-refractivity contribution in [3.05, 3.63) is 11.9 Å². The number of aromatic nitrogens is 2. The average molecular weight is 217 g/mol. The van der Waals surface area contributed by atoms with Gasteiger partial charge in [0.25, 0.3) is 0 Å². The predicted octanol–water partition coefficient (Wildman–Crippen LogP) is 0.185. The number of aryl methyl sites for hydroxylation is 2. The van der Waals surface area contributed by atoms with Crippen molar-refractivity contribution in [3.63, 3.8) is 0 Å². The van der Waals surface area contributed by atoms with Crippen molar-refractivity contribution < 1.29 is 8.42 Å². The maximum Gasteiger partial charge on any atom is 0.149 e. The maximum absolute atomic E-state index is 10.9. The summed E-state index contributed by atoms with van der Waals surface area (Å²) in [5, 5.41) is 7.16. The fourth-order valence-electron chi connectivity index (χ4n) is 1.14. The molecule has 1 aromatic heterocycles. The van der Waals surface area contributed by atoms with Crippen molar-refractivity contribution in [1.29, 1.82) is 0 Å². The molecule has 0 saturated carbocycles. The van der Waals surface area contributed by atoms with Gasteiger partial charge < -0.3 is 5.32 Å². The van der Waals surface area contributed by atoms with Gasteiger partial charge in [-0.15, -0.1) is 0 Å². The Balaban J connectivity index is 2.50. The molecule has 1 rings (SSSR count). The molecule has 0 unspecified atom stereocenters. The van der Waals surface area contributed by atoms with E-state index in [0.29, 0.717) is 6.54 Å². The quantitative estimate of drug-likeness (QED) is 0.781. The molecule has 80 valence electrons. The van der Waals surface area contributed by atoms with Gasteiger partial charge in [-0.2, -0.15) is 5.10 Å². The van der Waals surface area contributed by atoms with E-state index in [-0.39, 0.29) is 5.75 Å². The van der Waals surface area contributed by atoms with Crippen LogP contribution in [-0.2, 0) is 16.9 Å². The van der Waals surface area contributed by atoms with Gasteiger partial charge in [0.15, 0.2) is 0 Å². The summed E-state index contributed by atoms with van der Waals surface area (Å²) in [6.45, 7) is 2.30. The molecule has 0 atom stereocenters. The molecule has 0 aromatic carbocycles. The van der Waals surface area contributed by atoms with Gasteiger partial charge in [0.05, 0.1) is 17.1 Å². The van der Waals surface area contributed by atoms with Gasteiger partial charge in [-0.3, -0.25) is 4.68 Å². The fraction of sp³-hybridized carbons (Fsp3) is 0.625. The predicted molar refractivity (Wildman–Crippen MR) is 56.1 cm³/mol. The molecule has 0 amide bonds. The minimum Gasteiger partial charge on any atom is -0.381 e. The highest BCUT2D eigenvalue weighted by atomic mass is 32.2. The van der Waals surface area contributed by atoms with Gasteiger partial charge in [0.1, 0.15) is 9.84 Å². The van der Waals surface area contributed by atoms with Gasteiger partial charge in [0, 0.05) is 26.0 Å². The second kappa shape index (κ2) is 4.00. The van der Waals surface area contributed by atoms with Crippen LogP contribution in [0.3, 0.4) is 0 Å². The molecule has 0 spiro atoms. The molecule has 0 fully saturated rings. The van der Waals surface area contributed by atoms with Crippen LogP contribution in [0.5, 0.6) is 0 Å². The number of nitrogens with one attached hydrogen (secondary N) is 1. The SMILES string of the molecule is Cc1nn(C)cc1NCCS(C)(=O)=O. The Morgan fingerprint density at radius 1 is 1.57 bits per heavy atom. The second-order valence-corrected chi connectivity index (χ2v) is 5.62. The first-order chi connectivity index (χ1) is 6.38. The lowest BCUT2D eigenvalue weighted by molar-refractivity contribution is 0.602. The molecule has 0 aliphatic heterocycles. The third-order valence-corrected chi connectivity index (χ3v) is 2.75. The first-order valence-electron chi connectivity index (χ1n) is 4.30. The molecule has 14 heavy (non-hydrogen) atoms. The third kappa shape index (κ3) is 3.37. The molecular weight excluding hydrogens is 202 g/mol. The Morgan fingerprint density at radius 2 is 2.21 bits per heavy atom. The Bertz CT molecular complexity index is 408. The number of nitrogens with zero attached hydrogens (tertiary/aromatic N) is 2. The van der Waals surface area contributed by atoms with E-state index in [0.717, 1.165) is 11.4 Å². The highest BCUT2D eigenvalue weighted by molar-refractivity contribution is 7.90. The van der Waals surface area contributed by atoms with Crippen molar-refractivity contribution in [2.45, 2.75) is 6.92 Å². The van der Waals surface area contributed by atoms with E-state index < -0.39 is 9.84 Å². The summed E-state index contributed by atoms with van der Waals surface area (Å²) in [6.07, 6.45) is 3.06. The molecule has 5 nitrogen and oxygen atoms in total. The Labute approximate surface area is 84.0 Å². The second-order valence-electron chi connectivity index (χ2n) is 3.36. The van der Waals surface area contributed by atoms with Gasteiger partial charge >= 0.3 is 0 Å². The number of anilines is 1. The van der Waals surface area contributed by atoms with Crippen LogP contribution in [0.15, 0.2) is 6.20 Å². The van der Waals surface area contributed by atoms with Crippen molar-refractivity contribution in [2.24, 2.45) is 7.05 Å². The molecule has 1 heterocycles. The zero-order chi connectivity index (χ0) is 10.8. The lowest BCUT2D eigenvalue weighted by atomic mass is 10.4. The van der Waals surface area contributed by atoms with Crippen molar-refractivity contribution in [2.75, 3.05) is 23.9 Å². The molecule has 1 aromatic rings. The van der Waals surface area contributed by atoms with Crippen molar-refractivity contribution >= 4 is 15.5 Å². The number of rotatable bonds is 4. The summed E-state index contributed by atoms with van der Waals surface area (Å²) in [6, 6.07) is 0. The largest absolute Gasteiger partial charge is 0.381 e. The zero-order valence-electron chi connectivity index (χ0n) is 8.61. The lowest BCUT2D eigenvalue weighted by Crippen LogP contribution is -2.14. The Kier molecular flexibility index (Phi) is 3.15. The highest BCUT2D eigenvalue weighted by Crippen LogP contribution is 2.10. The van der Waals surface area contributed by atoms with E-state index in [9.17, 15) is 8.42 Å². The summed E-state index contributed by atoms with van der Waals surface area (Å²) in [4.78, 5) is 0. The summed E-state index contributed by atoms with van der Waals surface area (Å²) in [5.41, 5.74) is 1.76. The van der Waals surface area contributed by atoms with Crippen LogP contribution in [0, 0.1) is 6.92 Å². The molecule has 6 heteroatoms. The molecule has 0 bridgehead atoms. The smallest absolute Gasteiger partial charge is 0.149 e. The van der Waals surface area contributed by atoms with E-state index in [2.05, 4.69) is 10.4 Å². The molecule has 0 radical (unpaired) electrons. The highest BCUT2D eigenvalue weighted by Gasteiger charge is 2.04. The van der Waals surface area contributed by atoms with E-state index in [4.69, 9.17) is 0 Å². The summed E-state index contributed by atoms with van der Waals surface area (Å²) in [5.74, 6) is 0.140. The Hall–Kier alpha value is -1.04. The van der Waals surface area contributed by atoms with E-state index in [1.807, 2.05) is 20.2 Å². The van der Waals surface area contributed by atoms with Gasteiger partial charge in [0.2, 0.25) is 0 Å². The molecule has 0 aliphatic rings. The monoisotopic (exact) mass is 217 g/mol. The standard InChI is InChI=1S/C8H15N3O2S/c1-7-8(6-11(2)10-7)9-4-5-14(3,12)13/h6,9H,4-5H2,1-3H3. The Morgan fingerprint density at radius 3 is 2.64 bits per heavy atom. The summed E-state index contributed by atoms with van der Waals surface area (Å²) < 4.78 is 23.4. The molecule has 0 aliphatic carbocycles. The minimum absolute atomic E-state index is 0.140. The number of hydrogen-bond donors (Lipinski definition) is 1. The van der Waals surface area contributed by atoms with Crippen LogP contribution in [0.4, 0.5) is 5.69 Å². The van der Waals surface area contributed by atoms with Crippen LogP contribution in [0.2, 0.25) is 0 Å². The van der Waals surface area contributed by atoms with Crippen LogP contribution in [0.1, 0.15) is 5.69 Å². The van der Waals surface area contributed by atoms with E-state index in [1.54, 1.807) is 4.68 Å². The minimum atomic E-state index is -2.89. The third-order valence-electron chi connectivity index (χ3n) is 1.80. The zero-order valence-corrected chi connectivity index (χ0v) is 9.43. The number of hydrogen-bond acceptors (Lipinski definition) is 4. The first-order valence-corrected chi connectivity index (χ1v) is 6.36. The summed E-state index contributed by atoms with van der Waals surface area (Å²) in [7, 11) is -1.06. The topological polar surface area (TPSA) is 64.0 Å². The van der Waals surface area contributed by atoms with Gasteiger partial charge in [-0.1, -0.05) is 0 Å². The van der Waals surface area contributed by atoms with Crippen LogP contribution in [-0.4, -0.2) is 36.8 Å². The van der Waals surface area contributed by atoms with Crippen molar-refractivity contribution in [3.8, 4) is 0 Å². The molecule has 1 N–H and O–H groups in total. The first kappa shape index (κ1) is 11.0. The van der Waals surface area contributed by atoms with Crippen LogP contribution >= 0.6 is 0 Å². The van der Waals surface area contributed by atoms with Crippen LogP contribution < -0.4 is 5.32 Å². The molecule has 0 saturated heterocycles. The fourth-order valence-corrected chi connectivity index (χ4v) is 1.62. The van der Waals surface area contributed by atoms with Crippen molar-refractivity contribution in [1.82, 2.24) is 9.78 Å². The van der Waals surface area contributed by atoms with E-state index >= 15 is 0 Å². The number of sulfone groups is 1. The van der Waals surface area contributed by atoms with Gasteiger partial charge in [-0.05, 0) is 6.92 Å². The average Bonchev–Trinajstić information content (AvgIpc) is 2.27. The summed E-state index contributed by atoms with van der Waals surface area (Å²) >= 11 is 0. The van der Waals surface area contributed by atoms with Crippen LogP contribution in [0.25, 0.3) is 0 Å². The lowest BCUT2D eigenvalue weighted by Gasteiger charge is -2.02. The maximum atomic E-state index is 10.9. The van der Waals surface area contributed by atoms with Gasteiger partial charge in [-0.25, -0.2) is 8.42 Å². The normalized spacial score (nSPS) is 11.6. The molecular formula is C8H15N3O2S. The van der Waals surface area contributed by atoms with E-state index in [1.165, 1.54) is 6.26 Å².